The quantitative estimate of drug-likeness (QED) is 0.767. The Labute approximate surface area is 85.9 Å². The van der Waals surface area contributed by atoms with Gasteiger partial charge in [-0.1, -0.05) is 18.2 Å². The molecule has 0 aromatic heterocycles. The molecule has 0 radical (unpaired) electrons. The van der Waals surface area contributed by atoms with Crippen LogP contribution in [0, 0.1) is 5.82 Å². The van der Waals surface area contributed by atoms with Crippen molar-refractivity contribution in [2.75, 3.05) is 0 Å². The monoisotopic (exact) mass is 216 g/mol. The lowest BCUT2D eigenvalue weighted by atomic mass is 10.0. The van der Waals surface area contributed by atoms with Crippen molar-refractivity contribution in [3.05, 3.63) is 48.3 Å². The molecule has 1 aromatic carbocycles. The largest absolute Gasteiger partial charge is 0.383 e. The van der Waals surface area contributed by atoms with Crippen molar-refractivity contribution in [2.24, 2.45) is 0 Å². The molecule has 0 fully saturated rings. The van der Waals surface area contributed by atoms with Gasteiger partial charge in [0.2, 0.25) is 0 Å². The molecule has 0 saturated heterocycles. The van der Waals surface area contributed by atoms with E-state index < -0.39 is 24.3 Å². The molecule has 1 aromatic rings. The highest BCUT2D eigenvalue weighted by Gasteiger charge is 2.36. The van der Waals surface area contributed by atoms with Crippen molar-refractivity contribution in [3.63, 3.8) is 0 Å². The van der Waals surface area contributed by atoms with Gasteiger partial charge in [0, 0.05) is 6.42 Å². The molecule has 1 nitrogen and oxygen atoms in total. The fourth-order valence-corrected chi connectivity index (χ4v) is 1.15. The molecule has 0 aliphatic rings. The summed E-state index contributed by atoms with van der Waals surface area (Å²) in [5.41, 5.74) is 0.266. The lowest BCUT2D eigenvalue weighted by Crippen LogP contribution is -2.33. The predicted octanol–water partition coefficient (Wildman–Crippen LogP) is 2.55. The van der Waals surface area contributed by atoms with Gasteiger partial charge in [-0.3, -0.25) is 0 Å². The van der Waals surface area contributed by atoms with Crippen molar-refractivity contribution in [3.8, 4) is 0 Å². The van der Waals surface area contributed by atoms with E-state index in [0.29, 0.717) is 0 Å². The highest BCUT2D eigenvalue weighted by atomic mass is 19.3. The Balaban J connectivity index is 2.76. The number of aliphatic hydroxyl groups excluding tert-OH is 1. The maximum atomic E-state index is 13.2. The summed E-state index contributed by atoms with van der Waals surface area (Å²) < 4.78 is 38.9. The molecule has 1 unspecified atom stereocenters. The van der Waals surface area contributed by atoms with Crippen LogP contribution in [-0.2, 0) is 6.42 Å². The van der Waals surface area contributed by atoms with E-state index in [0.717, 1.165) is 18.2 Å². The Morgan fingerprint density at radius 2 is 1.87 bits per heavy atom. The third-order valence-corrected chi connectivity index (χ3v) is 2.01. The molecule has 15 heavy (non-hydrogen) atoms. The van der Waals surface area contributed by atoms with Crippen LogP contribution in [0.3, 0.4) is 0 Å². The summed E-state index contributed by atoms with van der Waals surface area (Å²) >= 11 is 0. The van der Waals surface area contributed by atoms with Crippen molar-refractivity contribution >= 4 is 0 Å². The molecule has 0 aliphatic carbocycles. The van der Waals surface area contributed by atoms with E-state index >= 15 is 0 Å². The first-order chi connectivity index (χ1) is 6.95. The molecule has 1 N–H and O–H groups in total. The van der Waals surface area contributed by atoms with E-state index in [9.17, 15) is 13.2 Å². The van der Waals surface area contributed by atoms with Crippen molar-refractivity contribution < 1.29 is 18.3 Å². The van der Waals surface area contributed by atoms with Gasteiger partial charge < -0.3 is 5.11 Å². The molecule has 1 atom stereocenters. The van der Waals surface area contributed by atoms with Crippen molar-refractivity contribution in [1.29, 1.82) is 0 Å². The zero-order valence-corrected chi connectivity index (χ0v) is 7.96. The van der Waals surface area contributed by atoms with Crippen LogP contribution in [0.4, 0.5) is 13.2 Å². The SMILES string of the molecule is C=CC(O)C(F)(F)Cc1ccc(F)cc1. The van der Waals surface area contributed by atoms with Crippen LogP contribution < -0.4 is 0 Å². The van der Waals surface area contributed by atoms with Gasteiger partial charge in [0.05, 0.1) is 0 Å². The number of halogens is 3. The van der Waals surface area contributed by atoms with E-state index in [1.165, 1.54) is 12.1 Å². The molecular formula is C11H11F3O. The van der Waals surface area contributed by atoms with E-state index in [-0.39, 0.29) is 5.56 Å². The average molecular weight is 216 g/mol. The highest BCUT2D eigenvalue weighted by Crippen LogP contribution is 2.24. The van der Waals surface area contributed by atoms with Crippen LogP contribution in [0.5, 0.6) is 0 Å². The maximum absolute atomic E-state index is 13.2. The number of hydrogen-bond acceptors (Lipinski definition) is 1. The standard InChI is InChI=1S/C11H11F3O/c1-2-10(15)11(13,14)7-8-3-5-9(12)6-4-8/h2-6,10,15H,1,7H2. The molecule has 0 spiro atoms. The van der Waals surface area contributed by atoms with Crippen molar-refractivity contribution in [1.82, 2.24) is 0 Å². The number of hydrogen-bond donors (Lipinski definition) is 1. The van der Waals surface area contributed by atoms with Gasteiger partial charge >= 0.3 is 0 Å². The summed E-state index contributed by atoms with van der Waals surface area (Å²) in [5, 5.41) is 8.96. The Morgan fingerprint density at radius 1 is 1.33 bits per heavy atom. The highest BCUT2D eigenvalue weighted by molar-refractivity contribution is 5.18. The normalized spacial score (nSPS) is 13.6. The molecule has 0 aliphatic heterocycles. The molecule has 0 heterocycles. The smallest absolute Gasteiger partial charge is 0.280 e. The summed E-state index contributed by atoms with van der Waals surface area (Å²) in [4.78, 5) is 0. The topological polar surface area (TPSA) is 20.2 Å². The van der Waals surface area contributed by atoms with Crippen molar-refractivity contribution in [2.45, 2.75) is 18.4 Å². The molecule has 1 rings (SSSR count). The van der Waals surface area contributed by atoms with Crippen LogP contribution in [-0.4, -0.2) is 17.1 Å². The number of rotatable bonds is 4. The summed E-state index contributed by atoms with van der Waals surface area (Å²) in [6.07, 6.45) is -1.74. The molecular weight excluding hydrogens is 205 g/mol. The van der Waals surface area contributed by atoms with Crippen LogP contribution in [0.2, 0.25) is 0 Å². The maximum Gasteiger partial charge on any atom is 0.280 e. The summed E-state index contributed by atoms with van der Waals surface area (Å²) in [6.45, 7) is 3.09. The predicted molar refractivity (Wildman–Crippen MR) is 51.3 cm³/mol. The summed E-state index contributed by atoms with van der Waals surface area (Å²) in [6, 6.07) is 4.73. The van der Waals surface area contributed by atoms with E-state index in [1.807, 2.05) is 0 Å². The fraction of sp³-hybridized carbons (Fsp3) is 0.273. The number of benzene rings is 1. The fourth-order valence-electron chi connectivity index (χ4n) is 1.15. The Bertz CT molecular complexity index is 332. The summed E-state index contributed by atoms with van der Waals surface area (Å²) in [5.74, 6) is -3.76. The van der Waals surface area contributed by atoms with Gasteiger partial charge in [0.15, 0.2) is 0 Å². The van der Waals surface area contributed by atoms with Gasteiger partial charge in [-0.15, -0.1) is 6.58 Å². The Hall–Kier alpha value is -1.29. The van der Waals surface area contributed by atoms with Gasteiger partial charge in [-0.05, 0) is 17.7 Å². The first-order valence-electron chi connectivity index (χ1n) is 4.38. The molecule has 0 saturated carbocycles. The first kappa shape index (κ1) is 11.8. The van der Waals surface area contributed by atoms with E-state index in [4.69, 9.17) is 5.11 Å². The van der Waals surface area contributed by atoms with Gasteiger partial charge in [0.25, 0.3) is 5.92 Å². The van der Waals surface area contributed by atoms with Crippen LogP contribution >= 0.6 is 0 Å². The molecule has 4 heteroatoms. The van der Waals surface area contributed by atoms with Crippen LogP contribution in [0.15, 0.2) is 36.9 Å². The lowest BCUT2D eigenvalue weighted by Gasteiger charge is -2.19. The number of alkyl halides is 2. The second-order valence-electron chi connectivity index (χ2n) is 3.24. The van der Waals surface area contributed by atoms with E-state index in [1.54, 1.807) is 0 Å². The zero-order valence-electron chi connectivity index (χ0n) is 7.96. The van der Waals surface area contributed by atoms with Gasteiger partial charge in [-0.2, -0.15) is 0 Å². The second-order valence-corrected chi connectivity index (χ2v) is 3.24. The van der Waals surface area contributed by atoms with Gasteiger partial charge in [0.1, 0.15) is 11.9 Å². The molecule has 0 bridgehead atoms. The Kier molecular flexibility index (Phi) is 3.52. The number of aliphatic hydroxyl groups is 1. The third kappa shape index (κ3) is 3.09. The van der Waals surface area contributed by atoms with E-state index in [2.05, 4.69) is 6.58 Å². The Morgan fingerprint density at radius 3 is 2.33 bits per heavy atom. The average Bonchev–Trinajstić information content (AvgIpc) is 2.20. The first-order valence-corrected chi connectivity index (χ1v) is 4.38. The summed E-state index contributed by atoms with van der Waals surface area (Å²) in [7, 11) is 0. The minimum atomic E-state index is -3.28. The van der Waals surface area contributed by atoms with Crippen LogP contribution in [0.25, 0.3) is 0 Å². The second kappa shape index (κ2) is 4.49. The van der Waals surface area contributed by atoms with Crippen LogP contribution in [0.1, 0.15) is 5.56 Å². The zero-order chi connectivity index (χ0) is 11.5. The molecule has 82 valence electrons. The minimum Gasteiger partial charge on any atom is -0.383 e. The lowest BCUT2D eigenvalue weighted by molar-refractivity contribution is -0.0851. The minimum absolute atomic E-state index is 0.266. The molecule has 0 amide bonds. The third-order valence-electron chi connectivity index (χ3n) is 2.01. The van der Waals surface area contributed by atoms with Gasteiger partial charge in [-0.25, -0.2) is 13.2 Å².